The number of sulfonamides is 1. The molecule has 0 aliphatic carbocycles. The van der Waals surface area contributed by atoms with Gasteiger partial charge in [-0.05, 0) is 31.5 Å². The summed E-state index contributed by atoms with van der Waals surface area (Å²) in [6.45, 7) is 3.71. The SMILES string of the molecule is CCOCCCN=C1Nc2ccc(N(C)C)cc2S(=O)(=O)N1. The number of nitrogens with zero attached hydrogens (tertiary/aromatic N) is 2. The van der Waals surface area contributed by atoms with Crippen molar-refractivity contribution in [1.29, 1.82) is 0 Å². The Morgan fingerprint density at radius 2 is 2.09 bits per heavy atom. The van der Waals surface area contributed by atoms with Crippen molar-refractivity contribution in [3.8, 4) is 0 Å². The molecule has 0 radical (unpaired) electrons. The Bertz CT molecular complexity index is 656. The van der Waals surface area contributed by atoms with Gasteiger partial charge in [0.05, 0.1) is 5.69 Å². The van der Waals surface area contributed by atoms with E-state index < -0.39 is 10.0 Å². The number of hydrogen-bond donors (Lipinski definition) is 2. The van der Waals surface area contributed by atoms with Crippen LogP contribution in [0.5, 0.6) is 0 Å². The van der Waals surface area contributed by atoms with Crippen LogP contribution in [0.3, 0.4) is 0 Å². The van der Waals surface area contributed by atoms with Gasteiger partial charge in [0.2, 0.25) is 5.96 Å². The monoisotopic (exact) mass is 326 g/mol. The van der Waals surface area contributed by atoms with E-state index in [1.165, 1.54) is 0 Å². The van der Waals surface area contributed by atoms with Crippen molar-refractivity contribution < 1.29 is 13.2 Å². The lowest BCUT2D eigenvalue weighted by atomic mass is 10.2. The van der Waals surface area contributed by atoms with Crippen molar-refractivity contribution in [3.05, 3.63) is 18.2 Å². The molecule has 1 aliphatic heterocycles. The minimum Gasteiger partial charge on any atom is -0.382 e. The molecule has 8 heteroatoms. The molecule has 0 amide bonds. The zero-order valence-corrected chi connectivity index (χ0v) is 13.9. The van der Waals surface area contributed by atoms with Crippen LogP contribution >= 0.6 is 0 Å². The first kappa shape index (κ1) is 16.6. The van der Waals surface area contributed by atoms with Crippen LogP contribution in [0, 0.1) is 0 Å². The molecule has 1 aliphatic rings. The van der Waals surface area contributed by atoms with Gasteiger partial charge in [0, 0.05) is 39.5 Å². The molecule has 0 saturated carbocycles. The first-order chi connectivity index (χ1) is 10.4. The number of aliphatic imine (C=N–C) groups is 1. The zero-order valence-electron chi connectivity index (χ0n) is 13.1. The molecule has 0 aromatic heterocycles. The molecule has 2 N–H and O–H groups in total. The summed E-state index contributed by atoms with van der Waals surface area (Å²) in [5.41, 5.74) is 1.36. The minimum atomic E-state index is -3.60. The average molecular weight is 326 g/mol. The second-order valence-corrected chi connectivity index (χ2v) is 6.74. The molecular weight excluding hydrogens is 304 g/mol. The summed E-state index contributed by atoms with van der Waals surface area (Å²) in [4.78, 5) is 6.31. The van der Waals surface area contributed by atoms with Crippen molar-refractivity contribution >= 4 is 27.4 Å². The Balaban J connectivity index is 2.15. The summed E-state index contributed by atoms with van der Waals surface area (Å²) in [5.74, 6) is 0.251. The Morgan fingerprint density at radius 3 is 2.77 bits per heavy atom. The highest BCUT2D eigenvalue weighted by Crippen LogP contribution is 2.28. The highest BCUT2D eigenvalue weighted by molar-refractivity contribution is 7.90. The van der Waals surface area contributed by atoms with Crippen LogP contribution in [-0.2, 0) is 14.8 Å². The van der Waals surface area contributed by atoms with E-state index in [-0.39, 0.29) is 10.9 Å². The summed E-state index contributed by atoms with van der Waals surface area (Å²) < 4.78 is 32.3. The molecule has 0 spiro atoms. The normalized spacial score (nSPS) is 17.5. The van der Waals surface area contributed by atoms with E-state index in [0.717, 1.165) is 12.1 Å². The van der Waals surface area contributed by atoms with Crippen molar-refractivity contribution in [3.63, 3.8) is 0 Å². The smallest absolute Gasteiger partial charge is 0.266 e. The van der Waals surface area contributed by atoms with E-state index in [4.69, 9.17) is 4.74 Å². The molecule has 122 valence electrons. The quantitative estimate of drug-likeness (QED) is 0.769. The van der Waals surface area contributed by atoms with Crippen LogP contribution in [0.2, 0.25) is 0 Å². The molecule has 1 heterocycles. The van der Waals surface area contributed by atoms with Gasteiger partial charge in [-0.1, -0.05) is 0 Å². The van der Waals surface area contributed by atoms with E-state index in [2.05, 4.69) is 15.0 Å². The fourth-order valence-corrected chi connectivity index (χ4v) is 3.19. The van der Waals surface area contributed by atoms with Gasteiger partial charge in [0.25, 0.3) is 10.0 Å². The highest BCUT2D eigenvalue weighted by atomic mass is 32.2. The van der Waals surface area contributed by atoms with E-state index >= 15 is 0 Å². The average Bonchev–Trinajstić information content (AvgIpc) is 2.46. The van der Waals surface area contributed by atoms with Gasteiger partial charge in [-0.25, -0.2) is 13.1 Å². The van der Waals surface area contributed by atoms with Gasteiger partial charge in [-0.3, -0.25) is 4.99 Å². The number of hydrogen-bond acceptors (Lipinski definition) is 5. The topological polar surface area (TPSA) is 83.0 Å². The van der Waals surface area contributed by atoms with Gasteiger partial charge in [0.1, 0.15) is 4.90 Å². The molecule has 0 saturated heterocycles. The number of guanidine groups is 1. The van der Waals surface area contributed by atoms with Gasteiger partial charge in [-0.15, -0.1) is 0 Å². The number of fused-ring (bicyclic) bond motifs is 1. The standard InChI is InChI=1S/C14H22N4O3S/c1-4-21-9-5-8-15-14-16-12-7-6-11(18(2)3)10-13(12)22(19,20)17-14/h6-7,10H,4-5,8-9H2,1-3H3,(H2,15,16,17). The Morgan fingerprint density at radius 1 is 1.32 bits per heavy atom. The van der Waals surface area contributed by atoms with Crippen LogP contribution < -0.4 is 14.9 Å². The van der Waals surface area contributed by atoms with E-state index in [1.807, 2.05) is 32.0 Å². The Labute approximate surface area is 131 Å². The maximum absolute atomic E-state index is 12.3. The summed E-state index contributed by atoms with van der Waals surface area (Å²) in [7, 11) is 0.133. The molecule has 22 heavy (non-hydrogen) atoms. The lowest BCUT2D eigenvalue weighted by Crippen LogP contribution is -2.41. The predicted octanol–water partition coefficient (Wildman–Crippen LogP) is 1.24. The third-order valence-electron chi connectivity index (χ3n) is 3.18. The molecular formula is C14H22N4O3S. The maximum atomic E-state index is 12.3. The lowest BCUT2D eigenvalue weighted by Gasteiger charge is -2.23. The fraction of sp³-hybridized carbons (Fsp3) is 0.500. The maximum Gasteiger partial charge on any atom is 0.266 e. The highest BCUT2D eigenvalue weighted by Gasteiger charge is 2.26. The van der Waals surface area contributed by atoms with Gasteiger partial charge < -0.3 is 15.0 Å². The largest absolute Gasteiger partial charge is 0.382 e. The van der Waals surface area contributed by atoms with Gasteiger partial charge in [0.15, 0.2) is 0 Å². The van der Waals surface area contributed by atoms with Crippen LogP contribution in [0.25, 0.3) is 0 Å². The summed E-state index contributed by atoms with van der Waals surface area (Å²) in [6.07, 6.45) is 0.743. The molecule has 7 nitrogen and oxygen atoms in total. The first-order valence-electron chi connectivity index (χ1n) is 7.17. The van der Waals surface area contributed by atoms with Crippen LogP contribution in [0.4, 0.5) is 11.4 Å². The summed E-state index contributed by atoms with van der Waals surface area (Å²) in [5, 5.41) is 3.01. The van der Waals surface area contributed by atoms with Crippen molar-refractivity contribution in [2.75, 3.05) is 44.1 Å². The first-order valence-corrected chi connectivity index (χ1v) is 8.66. The Hall–Kier alpha value is -1.80. The summed E-state index contributed by atoms with van der Waals surface area (Å²) in [6, 6.07) is 5.24. The Kier molecular flexibility index (Phi) is 5.25. The number of nitrogens with one attached hydrogen (secondary N) is 2. The fourth-order valence-electron chi connectivity index (χ4n) is 2.02. The van der Waals surface area contributed by atoms with Gasteiger partial charge >= 0.3 is 0 Å². The zero-order chi connectivity index (χ0) is 16.2. The second kappa shape index (κ2) is 6.97. The lowest BCUT2D eigenvalue weighted by molar-refractivity contribution is 0.146. The molecule has 0 atom stereocenters. The predicted molar refractivity (Wildman–Crippen MR) is 88.1 cm³/mol. The molecule has 0 fully saturated rings. The second-order valence-electron chi connectivity index (χ2n) is 5.09. The number of rotatable bonds is 6. The molecule has 0 bridgehead atoms. The third kappa shape index (κ3) is 3.89. The number of benzene rings is 1. The molecule has 0 unspecified atom stereocenters. The van der Waals surface area contributed by atoms with Gasteiger partial charge in [-0.2, -0.15) is 0 Å². The van der Waals surface area contributed by atoms with Crippen molar-refractivity contribution in [2.24, 2.45) is 4.99 Å². The third-order valence-corrected chi connectivity index (χ3v) is 4.55. The molecule has 1 aromatic carbocycles. The minimum absolute atomic E-state index is 0.229. The van der Waals surface area contributed by atoms with Crippen molar-refractivity contribution in [1.82, 2.24) is 4.72 Å². The molecule has 1 aromatic rings. The van der Waals surface area contributed by atoms with E-state index in [9.17, 15) is 8.42 Å². The summed E-state index contributed by atoms with van der Waals surface area (Å²) >= 11 is 0. The van der Waals surface area contributed by atoms with Crippen LogP contribution in [-0.4, -0.2) is 48.2 Å². The molecule has 2 rings (SSSR count). The van der Waals surface area contributed by atoms with Crippen LogP contribution in [0.15, 0.2) is 28.1 Å². The van der Waals surface area contributed by atoms with E-state index in [0.29, 0.717) is 25.4 Å². The van der Waals surface area contributed by atoms with Crippen LogP contribution in [0.1, 0.15) is 13.3 Å². The number of anilines is 2. The van der Waals surface area contributed by atoms with Crippen molar-refractivity contribution in [2.45, 2.75) is 18.2 Å². The number of ether oxygens (including phenoxy) is 1. The van der Waals surface area contributed by atoms with E-state index in [1.54, 1.807) is 12.1 Å².